The van der Waals surface area contributed by atoms with Crippen LogP contribution in [0.1, 0.15) is 37.3 Å². The molecule has 1 saturated carbocycles. The van der Waals surface area contributed by atoms with Crippen molar-refractivity contribution in [3.05, 3.63) is 53.7 Å². The zero-order valence-corrected chi connectivity index (χ0v) is 18.8. The van der Waals surface area contributed by atoms with Gasteiger partial charge < -0.3 is 10.0 Å². The third-order valence-electron chi connectivity index (χ3n) is 6.33. The summed E-state index contributed by atoms with van der Waals surface area (Å²) in [6, 6.07) is 12.8. The predicted octanol–water partition coefficient (Wildman–Crippen LogP) is 4.28. The Balaban J connectivity index is 1.61. The Morgan fingerprint density at radius 3 is 2.60 bits per heavy atom. The predicted molar refractivity (Wildman–Crippen MR) is 126 cm³/mol. The third-order valence-corrected chi connectivity index (χ3v) is 7.69. The van der Waals surface area contributed by atoms with Crippen molar-refractivity contribution in [2.24, 2.45) is 4.99 Å². The minimum absolute atomic E-state index is 0.0893. The van der Waals surface area contributed by atoms with Crippen LogP contribution in [0.2, 0.25) is 0 Å². The molecule has 6 heteroatoms. The van der Waals surface area contributed by atoms with Crippen LogP contribution in [0.25, 0.3) is 11.3 Å². The number of aryl methyl sites for hydroxylation is 1. The molecule has 0 radical (unpaired) electrons. The first-order valence-corrected chi connectivity index (χ1v) is 11.5. The summed E-state index contributed by atoms with van der Waals surface area (Å²) < 4.78 is -0.288. The molecule has 2 aromatic rings. The summed E-state index contributed by atoms with van der Waals surface area (Å²) in [5.74, 6) is 2.44. The first-order chi connectivity index (χ1) is 14.4. The molecule has 1 aromatic heterocycles. The molecule has 30 heavy (non-hydrogen) atoms. The number of thioether (sulfide) groups is 1. The second kappa shape index (κ2) is 8.16. The first-order valence-electron chi connectivity index (χ1n) is 10.5. The van der Waals surface area contributed by atoms with Crippen molar-refractivity contribution in [3.63, 3.8) is 0 Å². The van der Waals surface area contributed by atoms with E-state index < -0.39 is 0 Å². The Morgan fingerprint density at radius 1 is 1.27 bits per heavy atom. The van der Waals surface area contributed by atoms with E-state index in [2.05, 4.69) is 47.1 Å². The van der Waals surface area contributed by atoms with Crippen LogP contribution in [0.3, 0.4) is 0 Å². The van der Waals surface area contributed by atoms with Gasteiger partial charge in [-0.3, -0.25) is 15.4 Å². The summed E-state index contributed by atoms with van der Waals surface area (Å²) in [5.41, 5.74) is 4.47. The number of amidine groups is 2. The average Bonchev–Trinajstić information content (AvgIpc) is 3.56. The number of benzene rings is 1. The highest BCUT2D eigenvalue weighted by Crippen LogP contribution is 2.51. The van der Waals surface area contributed by atoms with E-state index in [1.54, 1.807) is 11.8 Å². The van der Waals surface area contributed by atoms with E-state index in [0.717, 1.165) is 42.2 Å². The van der Waals surface area contributed by atoms with Crippen LogP contribution < -0.4 is 0 Å². The zero-order valence-electron chi connectivity index (χ0n) is 18.0. The molecule has 158 valence electrons. The first kappa shape index (κ1) is 21.1. The molecule has 4 rings (SSSR count). The number of hydrogen-bond acceptors (Lipinski definition) is 5. The number of pyridine rings is 1. The smallest absolute Gasteiger partial charge is 0.115 e. The molecule has 1 unspecified atom stereocenters. The lowest BCUT2D eigenvalue weighted by Gasteiger charge is -2.31. The summed E-state index contributed by atoms with van der Waals surface area (Å²) in [6.07, 6.45) is 4.50. The van der Waals surface area contributed by atoms with Gasteiger partial charge in [0.1, 0.15) is 11.7 Å². The molecule has 1 aliphatic heterocycles. The number of aromatic nitrogens is 1. The standard InChI is InChI=1S/C24H30N4OS/c1-17-5-4-12-27-21(17)18-6-8-19(9-7-18)24(10-11-24)22(26-3)28-13-14-30-23(2,16-29)15-20(28)25/h4-9,12,25,29H,10-11,13-16H2,1-3H3. The van der Waals surface area contributed by atoms with Gasteiger partial charge in [0.2, 0.25) is 0 Å². The van der Waals surface area contributed by atoms with Crippen molar-refractivity contribution < 1.29 is 5.11 Å². The Morgan fingerprint density at radius 2 is 2.00 bits per heavy atom. The maximum atomic E-state index is 9.79. The molecule has 1 aromatic carbocycles. The molecule has 2 N–H and O–H groups in total. The van der Waals surface area contributed by atoms with Gasteiger partial charge in [0.15, 0.2) is 0 Å². The minimum Gasteiger partial charge on any atom is -0.395 e. The highest BCUT2D eigenvalue weighted by molar-refractivity contribution is 8.00. The number of aliphatic imine (C=N–C) groups is 1. The van der Waals surface area contributed by atoms with Crippen LogP contribution in [-0.2, 0) is 5.41 Å². The number of nitrogens with zero attached hydrogens (tertiary/aromatic N) is 3. The van der Waals surface area contributed by atoms with Gasteiger partial charge in [-0.15, -0.1) is 0 Å². The van der Waals surface area contributed by atoms with Crippen molar-refractivity contribution in [1.82, 2.24) is 9.88 Å². The molecule has 5 nitrogen and oxygen atoms in total. The van der Waals surface area contributed by atoms with Gasteiger partial charge in [0, 0.05) is 42.3 Å². The molecule has 0 spiro atoms. The Kier molecular flexibility index (Phi) is 5.73. The van der Waals surface area contributed by atoms with Crippen LogP contribution >= 0.6 is 11.8 Å². The SMILES string of the molecule is CN=C(N1CCSC(C)(CO)CC1=N)C1(c2ccc(-c3ncccc3C)cc2)CC1. The molecule has 1 aliphatic carbocycles. The molecular formula is C24H30N4OS. The van der Waals surface area contributed by atoms with E-state index in [1.807, 2.05) is 26.2 Å². The van der Waals surface area contributed by atoms with Gasteiger partial charge in [-0.05, 0) is 43.9 Å². The van der Waals surface area contributed by atoms with Crippen LogP contribution in [0.15, 0.2) is 47.6 Å². The summed E-state index contributed by atoms with van der Waals surface area (Å²) in [7, 11) is 1.84. The molecule has 1 atom stereocenters. The number of aliphatic hydroxyl groups is 1. The Labute approximate surface area is 183 Å². The van der Waals surface area contributed by atoms with E-state index in [0.29, 0.717) is 12.3 Å². The number of nitrogens with one attached hydrogen (secondary N) is 1. The highest BCUT2D eigenvalue weighted by atomic mass is 32.2. The van der Waals surface area contributed by atoms with Gasteiger partial charge in [-0.1, -0.05) is 30.3 Å². The number of rotatable bonds is 4. The Bertz CT molecular complexity index is 967. The van der Waals surface area contributed by atoms with E-state index >= 15 is 0 Å². The normalized spacial score (nSPS) is 23.9. The van der Waals surface area contributed by atoms with Gasteiger partial charge in [0.05, 0.1) is 17.7 Å². The fourth-order valence-corrected chi connectivity index (χ4v) is 5.55. The summed E-state index contributed by atoms with van der Waals surface area (Å²) in [5, 5.41) is 18.5. The average molecular weight is 423 g/mol. The summed E-state index contributed by atoms with van der Waals surface area (Å²) in [4.78, 5) is 11.3. The van der Waals surface area contributed by atoms with Gasteiger partial charge in [-0.25, -0.2) is 0 Å². The van der Waals surface area contributed by atoms with Crippen LogP contribution in [0.5, 0.6) is 0 Å². The lowest BCUT2D eigenvalue weighted by molar-refractivity contribution is 0.258. The lowest BCUT2D eigenvalue weighted by Crippen LogP contribution is -2.44. The largest absolute Gasteiger partial charge is 0.395 e. The van der Waals surface area contributed by atoms with Crippen LogP contribution in [0, 0.1) is 12.3 Å². The zero-order chi connectivity index (χ0) is 21.4. The molecule has 1 saturated heterocycles. The minimum atomic E-state index is -0.288. The number of aliphatic hydroxyl groups excluding tert-OH is 1. The van der Waals surface area contributed by atoms with Crippen LogP contribution in [0.4, 0.5) is 0 Å². The fraction of sp³-hybridized carbons (Fsp3) is 0.458. The quantitative estimate of drug-likeness (QED) is 0.570. The van der Waals surface area contributed by atoms with Crippen molar-refractivity contribution in [2.75, 3.05) is 26.0 Å². The summed E-state index contributed by atoms with van der Waals surface area (Å²) in [6.45, 7) is 4.98. The number of hydrogen-bond donors (Lipinski definition) is 2. The van der Waals surface area contributed by atoms with Gasteiger partial charge >= 0.3 is 0 Å². The molecule has 2 heterocycles. The molecule has 0 bridgehead atoms. The van der Waals surface area contributed by atoms with E-state index in [4.69, 9.17) is 10.4 Å². The molecular weight excluding hydrogens is 392 g/mol. The second-order valence-electron chi connectivity index (χ2n) is 8.61. The molecule has 2 fully saturated rings. The third kappa shape index (κ3) is 3.79. The highest BCUT2D eigenvalue weighted by Gasteiger charge is 2.52. The van der Waals surface area contributed by atoms with E-state index in [9.17, 15) is 5.11 Å². The fourth-order valence-electron chi connectivity index (χ4n) is 4.45. The summed E-state index contributed by atoms with van der Waals surface area (Å²) >= 11 is 1.76. The van der Waals surface area contributed by atoms with Crippen molar-refractivity contribution in [2.45, 2.75) is 43.3 Å². The molecule has 2 aliphatic rings. The lowest BCUT2D eigenvalue weighted by atomic mass is 9.91. The second-order valence-corrected chi connectivity index (χ2v) is 10.3. The maximum absolute atomic E-state index is 9.79. The van der Waals surface area contributed by atoms with E-state index in [1.165, 1.54) is 11.1 Å². The van der Waals surface area contributed by atoms with E-state index in [-0.39, 0.29) is 16.8 Å². The van der Waals surface area contributed by atoms with Crippen molar-refractivity contribution in [1.29, 1.82) is 5.41 Å². The van der Waals surface area contributed by atoms with Crippen molar-refractivity contribution in [3.8, 4) is 11.3 Å². The Hall–Kier alpha value is -2.18. The van der Waals surface area contributed by atoms with Crippen LogP contribution in [-0.4, -0.2) is 57.4 Å². The molecule has 0 amide bonds. The topological polar surface area (TPSA) is 72.6 Å². The monoisotopic (exact) mass is 422 g/mol. The van der Waals surface area contributed by atoms with Gasteiger partial charge in [0.25, 0.3) is 0 Å². The maximum Gasteiger partial charge on any atom is 0.115 e. The van der Waals surface area contributed by atoms with Gasteiger partial charge in [-0.2, -0.15) is 11.8 Å². The van der Waals surface area contributed by atoms with Crippen molar-refractivity contribution >= 4 is 23.4 Å².